The zero-order chi connectivity index (χ0) is 13.8. The monoisotopic (exact) mass is 287 g/mol. The quantitative estimate of drug-likeness (QED) is 0.925. The molecule has 2 aromatic carbocycles. The van der Waals surface area contributed by atoms with Crippen molar-refractivity contribution in [2.24, 2.45) is 0 Å². The molecule has 2 nitrogen and oxygen atoms in total. The van der Waals surface area contributed by atoms with E-state index in [0.717, 1.165) is 25.3 Å². The summed E-state index contributed by atoms with van der Waals surface area (Å²) in [4.78, 5) is 0. The van der Waals surface area contributed by atoms with Crippen LogP contribution in [0.3, 0.4) is 0 Å². The van der Waals surface area contributed by atoms with Gasteiger partial charge in [-0.2, -0.15) is 0 Å². The van der Waals surface area contributed by atoms with E-state index in [4.69, 9.17) is 16.3 Å². The van der Waals surface area contributed by atoms with Crippen LogP contribution in [0.15, 0.2) is 54.6 Å². The molecule has 1 aliphatic heterocycles. The Morgan fingerprint density at radius 1 is 1.05 bits per heavy atom. The van der Waals surface area contributed by atoms with Gasteiger partial charge in [0, 0.05) is 17.5 Å². The Balaban J connectivity index is 1.79. The number of benzene rings is 2. The summed E-state index contributed by atoms with van der Waals surface area (Å²) >= 11 is 6.02. The molecule has 1 saturated heterocycles. The third kappa shape index (κ3) is 3.14. The number of hydrogen-bond donors (Lipinski definition) is 1. The van der Waals surface area contributed by atoms with Crippen LogP contribution in [0.1, 0.15) is 17.9 Å². The first-order chi connectivity index (χ1) is 9.83. The van der Waals surface area contributed by atoms with Crippen LogP contribution in [0.2, 0.25) is 5.02 Å². The van der Waals surface area contributed by atoms with Gasteiger partial charge in [-0.25, -0.2) is 0 Å². The van der Waals surface area contributed by atoms with Crippen molar-refractivity contribution in [1.82, 2.24) is 5.32 Å². The molecule has 0 saturated carbocycles. The number of nitrogens with one attached hydrogen (secondary N) is 1. The first-order valence-electron chi connectivity index (χ1n) is 7.01. The Kier molecular flexibility index (Phi) is 4.24. The third-order valence-corrected chi connectivity index (χ3v) is 3.97. The lowest BCUT2D eigenvalue weighted by atomic mass is 9.89. The van der Waals surface area contributed by atoms with Crippen LogP contribution in [0, 0.1) is 0 Å². The summed E-state index contributed by atoms with van der Waals surface area (Å²) in [6.07, 6.45) is 1.20. The van der Waals surface area contributed by atoms with Crippen molar-refractivity contribution in [3.05, 3.63) is 65.2 Å². The standard InChI is InChI=1S/C17H18ClNO/c18-14-7-4-8-15(11-14)20-17-9-10-19-12-16(17)13-5-2-1-3-6-13/h1-8,11,16-17,19H,9-10,12H2/t16-,17+/m0/s1. The summed E-state index contributed by atoms with van der Waals surface area (Å²) in [5.41, 5.74) is 1.33. The van der Waals surface area contributed by atoms with Gasteiger partial charge in [-0.3, -0.25) is 0 Å². The highest BCUT2D eigenvalue weighted by Crippen LogP contribution is 2.28. The van der Waals surface area contributed by atoms with Gasteiger partial charge in [0.05, 0.1) is 0 Å². The van der Waals surface area contributed by atoms with Crippen LogP contribution >= 0.6 is 11.6 Å². The van der Waals surface area contributed by atoms with E-state index in [-0.39, 0.29) is 6.10 Å². The summed E-state index contributed by atoms with van der Waals surface area (Å²) in [7, 11) is 0. The SMILES string of the molecule is Clc1cccc(O[C@@H]2CCNC[C@H]2c2ccccc2)c1. The molecular formula is C17H18ClNO. The summed E-state index contributed by atoms with van der Waals surface area (Å²) in [5.74, 6) is 1.23. The summed E-state index contributed by atoms with van der Waals surface area (Å²) in [5, 5.41) is 4.17. The van der Waals surface area contributed by atoms with Gasteiger partial charge in [-0.05, 0) is 36.7 Å². The molecule has 0 spiro atoms. The average Bonchev–Trinajstić information content (AvgIpc) is 2.49. The van der Waals surface area contributed by atoms with E-state index in [1.54, 1.807) is 0 Å². The Labute approximate surface area is 124 Å². The van der Waals surface area contributed by atoms with Gasteiger partial charge in [-0.15, -0.1) is 0 Å². The molecule has 3 heteroatoms. The summed E-state index contributed by atoms with van der Waals surface area (Å²) in [6.45, 7) is 1.95. The molecule has 1 N–H and O–H groups in total. The Bertz CT molecular complexity index is 558. The van der Waals surface area contributed by atoms with Crippen molar-refractivity contribution in [3.8, 4) is 5.75 Å². The maximum absolute atomic E-state index is 6.18. The van der Waals surface area contributed by atoms with Gasteiger partial charge in [-0.1, -0.05) is 48.0 Å². The van der Waals surface area contributed by atoms with Gasteiger partial charge in [0.15, 0.2) is 0 Å². The molecule has 0 aliphatic carbocycles. The lowest BCUT2D eigenvalue weighted by Gasteiger charge is -2.33. The molecule has 0 unspecified atom stereocenters. The third-order valence-electron chi connectivity index (χ3n) is 3.73. The molecule has 3 rings (SSSR count). The van der Waals surface area contributed by atoms with Gasteiger partial charge in [0.2, 0.25) is 0 Å². The van der Waals surface area contributed by atoms with E-state index in [1.807, 2.05) is 30.3 Å². The topological polar surface area (TPSA) is 21.3 Å². The smallest absolute Gasteiger partial charge is 0.121 e. The lowest BCUT2D eigenvalue weighted by molar-refractivity contribution is 0.138. The lowest BCUT2D eigenvalue weighted by Crippen LogP contribution is -2.41. The van der Waals surface area contributed by atoms with Gasteiger partial charge in [0.25, 0.3) is 0 Å². The molecular weight excluding hydrogens is 270 g/mol. The number of halogens is 1. The van der Waals surface area contributed by atoms with E-state index >= 15 is 0 Å². The largest absolute Gasteiger partial charge is 0.490 e. The second-order valence-corrected chi connectivity index (χ2v) is 5.56. The van der Waals surface area contributed by atoms with E-state index < -0.39 is 0 Å². The Morgan fingerprint density at radius 3 is 2.70 bits per heavy atom. The number of piperidine rings is 1. The molecule has 1 heterocycles. The first-order valence-corrected chi connectivity index (χ1v) is 7.38. The van der Waals surface area contributed by atoms with Crippen molar-refractivity contribution >= 4 is 11.6 Å². The molecule has 1 aliphatic rings. The normalized spacial score (nSPS) is 22.4. The van der Waals surface area contributed by atoms with E-state index in [2.05, 4.69) is 29.6 Å². The second kappa shape index (κ2) is 6.29. The zero-order valence-electron chi connectivity index (χ0n) is 11.3. The van der Waals surface area contributed by atoms with Crippen molar-refractivity contribution in [2.45, 2.75) is 18.4 Å². The minimum absolute atomic E-state index is 0.192. The van der Waals surface area contributed by atoms with Crippen molar-refractivity contribution in [1.29, 1.82) is 0 Å². The molecule has 2 atom stereocenters. The Morgan fingerprint density at radius 2 is 1.90 bits per heavy atom. The van der Waals surface area contributed by atoms with Crippen LogP contribution in [0.25, 0.3) is 0 Å². The van der Waals surface area contributed by atoms with Crippen molar-refractivity contribution in [2.75, 3.05) is 13.1 Å². The van der Waals surface area contributed by atoms with E-state index in [9.17, 15) is 0 Å². The summed E-state index contributed by atoms with van der Waals surface area (Å²) < 4.78 is 6.18. The predicted octanol–water partition coefficient (Wildman–Crippen LogP) is 3.86. The van der Waals surface area contributed by atoms with Crippen LogP contribution in [0.4, 0.5) is 0 Å². The first kappa shape index (κ1) is 13.5. The molecule has 1 fully saturated rings. The molecule has 2 aromatic rings. The summed E-state index contributed by atoms with van der Waals surface area (Å²) in [6, 6.07) is 18.2. The van der Waals surface area contributed by atoms with E-state index in [0.29, 0.717) is 10.9 Å². The molecule has 104 valence electrons. The van der Waals surface area contributed by atoms with Crippen LogP contribution in [-0.2, 0) is 0 Å². The fourth-order valence-electron chi connectivity index (χ4n) is 2.72. The molecule has 0 amide bonds. The fraction of sp³-hybridized carbons (Fsp3) is 0.294. The van der Waals surface area contributed by atoms with E-state index in [1.165, 1.54) is 5.56 Å². The zero-order valence-corrected chi connectivity index (χ0v) is 12.0. The van der Waals surface area contributed by atoms with Crippen molar-refractivity contribution in [3.63, 3.8) is 0 Å². The minimum Gasteiger partial charge on any atom is -0.490 e. The number of rotatable bonds is 3. The van der Waals surface area contributed by atoms with Crippen LogP contribution < -0.4 is 10.1 Å². The second-order valence-electron chi connectivity index (χ2n) is 5.12. The number of ether oxygens (including phenoxy) is 1. The Hall–Kier alpha value is -1.51. The molecule has 0 aromatic heterocycles. The van der Waals surface area contributed by atoms with Gasteiger partial charge in [0.1, 0.15) is 11.9 Å². The van der Waals surface area contributed by atoms with Gasteiger partial charge >= 0.3 is 0 Å². The highest BCUT2D eigenvalue weighted by molar-refractivity contribution is 6.30. The van der Waals surface area contributed by atoms with Crippen LogP contribution in [-0.4, -0.2) is 19.2 Å². The maximum Gasteiger partial charge on any atom is 0.121 e. The average molecular weight is 288 g/mol. The van der Waals surface area contributed by atoms with Crippen molar-refractivity contribution < 1.29 is 4.74 Å². The highest BCUT2D eigenvalue weighted by Gasteiger charge is 2.27. The fourth-order valence-corrected chi connectivity index (χ4v) is 2.90. The van der Waals surface area contributed by atoms with Crippen LogP contribution in [0.5, 0.6) is 5.75 Å². The molecule has 20 heavy (non-hydrogen) atoms. The molecule has 0 bridgehead atoms. The number of hydrogen-bond acceptors (Lipinski definition) is 2. The predicted molar refractivity (Wildman–Crippen MR) is 82.5 cm³/mol. The van der Waals surface area contributed by atoms with Gasteiger partial charge < -0.3 is 10.1 Å². The minimum atomic E-state index is 0.192. The highest BCUT2D eigenvalue weighted by atomic mass is 35.5. The maximum atomic E-state index is 6.18. The molecule has 0 radical (unpaired) electrons.